The Labute approximate surface area is 163 Å². The molecular formula is C17H17N3O7S. The van der Waals surface area contributed by atoms with E-state index in [1.54, 1.807) is 6.07 Å². The number of benzene rings is 1. The van der Waals surface area contributed by atoms with E-state index < -0.39 is 35.8 Å². The quantitative estimate of drug-likeness (QED) is 0.279. The van der Waals surface area contributed by atoms with E-state index in [9.17, 15) is 29.7 Å². The Morgan fingerprint density at radius 2 is 2.18 bits per heavy atom. The van der Waals surface area contributed by atoms with Crippen LogP contribution in [0.1, 0.15) is 5.56 Å². The van der Waals surface area contributed by atoms with Gasteiger partial charge in [-0.15, -0.1) is 11.8 Å². The molecular weight excluding hydrogens is 390 g/mol. The number of fused-ring (bicyclic) bond motifs is 1. The van der Waals surface area contributed by atoms with Crippen LogP contribution in [-0.2, 0) is 19.2 Å². The summed E-state index contributed by atoms with van der Waals surface area (Å²) in [6.45, 7) is -0.468. The van der Waals surface area contributed by atoms with Gasteiger partial charge in [-0.3, -0.25) is 14.5 Å². The van der Waals surface area contributed by atoms with Gasteiger partial charge >= 0.3 is 5.97 Å². The fraction of sp³-hybridized carbons (Fsp3) is 0.294. The second-order valence-electron chi connectivity index (χ2n) is 5.95. The van der Waals surface area contributed by atoms with E-state index in [2.05, 4.69) is 10.5 Å². The molecule has 2 aliphatic rings. The molecule has 0 aromatic heterocycles. The number of nitrogens with one attached hydrogen (secondary N) is 1. The van der Waals surface area contributed by atoms with Gasteiger partial charge in [0, 0.05) is 11.3 Å². The average Bonchev–Trinajstić information content (AvgIpc) is 2.68. The lowest BCUT2D eigenvalue weighted by molar-refractivity contribution is -0.150. The number of phenols is 1. The first-order valence-electron chi connectivity index (χ1n) is 8.11. The second-order valence-corrected chi connectivity index (χ2v) is 7.05. The molecule has 0 radical (unpaired) electrons. The number of hydrogen-bond acceptors (Lipinski definition) is 8. The fourth-order valence-electron chi connectivity index (χ4n) is 2.98. The lowest BCUT2D eigenvalue weighted by Gasteiger charge is -2.49. The van der Waals surface area contributed by atoms with Gasteiger partial charge in [0.25, 0.3) is 11.8 Å². The number of aliphatic carboxylic acids is 1. The number of β-lactam (4-membered cyclic amide) rings is 1. The van der Waals surface area contributed by atoms with E-state index in [1.165, 1.54) is 37.1 Å². The lowest BCUT2D eigenvalue weighted by atomic mass is 10.0. The molecule has 0 saturated carbocycles. The highest BCUT2D eigenvalue weighted by molar-refractivity contribution is 8.00. The molecule has 0 bridgehead atoms. The van der Waals surface area contributed by atoms with Crippen LogP contribution in [0.5, 0.6) is 5.75 Å². The van der Waals surface area contributed by atoms with Crippen molar-refractivity contribution in [3.05, 3.63) is 41.1 Å². The molecule has 1 fully saturated rings. The van der Waals surface area contributed by atoms with Crippen molar-refractivity contribution < 1.29 is 34.5 Å². The van der Waals surface area contributed by atoms with Gasteiger partial charge in [0.15, 0.2) is 5.71 Å². The first-order chi connectivity index (χ1) is 13.4. The van der Waals surface area contributed by atoms with Crippen molar-refractivity contribution >= 4 is 35.3 Å². The highest BCUT2D eigenvalue weighted by atomic mass is 32.2. The molecule has 0 spiro atoms. The molecule has 1 aromatic carbocycles. The number of carboxylic acids is 1. The van der Waals surface area contributed by atoms with Crippen LogP contribution in [0.2, 0.25) is 0 Å². The predicted octanol–water partition coefficient (Wildman–Crippen LogP) is -0.526. The van der Waals surface area contributed by atoms with Crippen LogP contribution >= 0.6 is 11.8 Å². The van der Waals surface area contributed by atoms with Crippen LogP contribution in [0.25, 0.3) is 0 Å². The molecule has 1 aromatic rings. The summed E-state index contributed by atoms with van der Waals surface area (Å²) in [6, 6.07) is 4.86. The van der Waals surface area contributed by atoms with Crippen molar-refractivity contribution in [2.75, 3.05) is 19.5 Å². The van der Waals surface area contributed by atoms with Gasteiger partial charge in [-0.1, -0.05) is 17.3 Å². The number of aromatic hydroxyl groups is 1. The normalized spacial score (nSPS) is 21.7. The van der Waals surface area contributed by atoms with Crippen LogP contribution in [0.3, 0.4) is 0 Å². The average molecular weight is 407 g/mol. The number of carbonyl (C=O) groups excluding carboxylic acids is 2. The summed E-state index contributed by atoms with van der Waals surface area (Å²) in [5.74, 6) is -2.46. The monoisotopic (exact) mass is 407 g/mol. The third kappa shape index (κ3) is 3.41. The zero-order valence-electron chi connectivity index (χ0n) is 14.7. The first kappa shape index (κ1) is 19.7. The molecule has 2 amide bonds. The predicted molar refractivity (Wildman–Crippen MR) is 98.4 cm³/mol. The first-order valence-corrected chi connectivity index (χ1v) is 9.16. The Hall–Kier alpha value is -3.05. The largest absolute Gasteiger partial charge is 0.508 e. The van der Waals surface area contributed by atoms with E-state index in [4.69, 9.17) is 4.84 Å². The van der Waals surface area contributed by atoms with Crippen LogP contribution in [0, 0.1) is 0 Å². The van der Waals surface area contributed by atoms with Gasteiger partial charge in [0.2, 0.25) is 0 Å². The van der Waals surface area contributed by atoms with Crippen molar-refractivity contribution in [1.82, 2.24) is 10.2 Å². The molecule has 11 heteroatoms. The van der Waals surface area contributed by atoms with Gasteiger partial charge in [-0.2, -0.15) is 0 Å². The number of amides is 2. The molecule has 4 N–H and O–H groups in total. The molecule has 2 heterocycles. The number of phenolic OH excluding ortho intramolecular Hbond substituents is 1. The zero-order valence-corrected chi connectivity index (χ0v) is 15.5. The molecule has 28 heavy (non-hydrogen) atoms. The highest BCUT2D eigenvalue weighted by Crippen LogP contribution is 2.40. The van der Waals surface area contributed by atoms with Crippen molar-refractivity contribution in [2.24, 2.45) is 5.16 Å². The summed E-state index contributed by atoms with van der Waals surface area (Å²) >= 11 is 1.24. The lowest BCUT2D eigenvalue weighted by Crippen LogP contribution is -2.71. The number of rotatable bonds is 6. The molecule has 3 rings (SSSR count). The maximum Gasteiger partial charge on any atom is 0.352 e. The minimum atomic E-state index is -1.31. The summed E-state index contributed by atoms with van der Waals surface area (Å²) < 4.78 is 0. The van der Waals surface area contributed by atoms with Crippen molar-refractivity contribution in [3.63, 3.8) is 0 Å². The number of aliphatic hydroxyl groups excluding tert-OH is 1. The Bertz CT molecular complexity index is 898. The van der Waals surface area contributed by atoms with Crippen molar-refractivity contribution in [2.45, 2.75) is 11.4 Å². The van der Waals surface area contributed by atoms with Crippen molar-refractivity contribution in [1.29, 1.82) is 0 Å². The van der Waals surface area contributed by atoms with E-state index >= 15 is 0 Å². The summed E-state index contributed by atoms with van der Waals surface area (Å²) in [6.07, 6.45) is 0. The third-order valence-corrected chi connectivity index (χ3v) is 5.58. The van der Waals surface area contributed by atoms with Crippen LogP contribution in [-0.4, -0.2) is 74.6 Å². The number of hydrogen-bond donors (Lipinski definition) is 4. The van der Waals surface area contributed by atoms with Gasteiger partial charge in [0.1, 0.15) is 30.0 Å². The standard InChI is InChI=1S/C17H17N3O7S/c1-27-19-11(8-3-2-4-10(22)5-8)14(23)18-12-15(24)20-13(17(25)26)9(6-21)7-28-16(12)20/h2-5,12,16,21-22H,6-7H2,1H3,(H,18,23)(H,25,26)/t12?,16-/m0/s1. The minimum Gasteiger partial charge on any atom is -0.508 e. The number of carboxylic acid groups (broad SMARTS) is 1. The van der Waals surface area contributed by atoms with E-state index in [0.29, 0.717) is 0 Å². The maximum absolute atomic E-state index is 12.7. The molecule has 2 aliphatic heterocycles. The van der Waals surface area contributed by atoms with Gasteiger partial charge in [-0.05, 0) is 17.7 Å². The Morgan fingerprint density at radius 3 is 2.79 bits per heavy atom. The van der Waals surface area contributed by atoms with Gasteiger partial charge in [0.05, 0.1) is 6.61 Å². The summed E-state index contributed by atoms with van der Waals surface area (Å²) in [4.78, 5) is 42.4. The molecule has 148 valence electrons. The van der Waals surface area contributed by atoms with E-state index in [-0.39, 0.29) is 34.0 Å². The smallest absolute Gasteiger partial charge is 0.352 e. The number of aliphatic hydroxyl groups is 1. The summed E-state index contributed by atoms with van der Waals surface area (Å²) in [5, 5.41) is 33.9. The summed E-state index contributed by atoms with van der Waals surface area (Å²) in [7, 11) is 1.25. The Kier molecular flexibility index (Phi) is 5.56. The second kappa shape index (κ2) is 7.90. The third-order valence-electron chi connectivity index (χ3n) is 4.24. The molecule has 1 saturated heterocycles. The number of nitrogens with zero attached hydrogens (tertiary/aromatic N) is 2. The minimum absolute atomic E-state index is 0.0735. The Morgan fingerprint density at radius 1 is 1.43 bits per heavy atom. The molecule has 0 aliphatic carbocycles. The number of thioether (sulfide) groups is 1. The fourth-order valence-corrected chi connectivity index (χ4v) is 4.32. The maximum atomic E-state index is 12.7. The zero-order chi connectivity index (χ0) is 20.4. The van der Waals surface area contributed by atoms with Gasteiger partial charge < -0.3 is 25.5 Å². The topological polar surface area (TPSA) is 149 Å². The van der Waals surface area contributed by atoms with Crippen molar-refractivity contribution in [3.8, 4) is 5.75 Å². The van der Waals surface area contributed by atoms with Crippen LogP contribution in [0.15, 0.2) is 40.7 Å². The Balaban J connectivity index is 1.80. The van der Waals surface area contributed by atoms with E-state index in [1.807, 2.05) is 0 Å². The molecule has 10 nitrogen and oxygen atoms in total. The van der Waals surface area contributed by atoms with Crippen LogP contribution in [0.4, 0.5) is 0 Å². The molecule has 2 atom stereocenters. The SMILES string of the molecule is CON=C(C(=O)NC1C(=O)N2C(C(=O)O)=C(CO)CS[C@@H]12)c1cccc(O)c1. The van der Waals surface area contributed by atoms with Crippen LogP contribution < -0.4 is 5.32 Å². The molecule has 1 unspecified atom stereocenters. The van der Waals surface area contributed by atoms with E-state index in [0.717, 1.165) is 4.90 Å². The highest BCUT2D eigenvalue weighted by Gasteiger charge is 2.54. The summed E-state index contributed by atoms with van der Waals surface area (Å²) in [5.41, 5.74) is 0.136. The number of oxime groups is 1. The number of carbonyl (C=O) groups is 3. The van der Waals surface area contributed by atoms with Gasteiger partial charge in [-0.25, -0.2) is 4.79 Å².